The second kappa shape index (κ2) is 1.76. The fourth-order valence-electron chi connectivity index (χ4n) is 0.806. The van der Waals surface area contributed by atoms with Crippen molar-refractivity contribution in [1.29, 1.82) is 0 Å². The van der Waals surface area contributed by atoms with Crippen LogP contribution in [0, 0.1) is 6.92 Å². The zero-order chi connectivity index (χ0) is 6.97. The van der Waals surface area contributed by atoms with Gasteiger partial charge in [0.05, 0.1) is 18.1 Å². The summed E-state index contributed by atoms with van der Waals surface area (Å²) < 4.78 is 1.65. The van der Waals surface area contributed by atoms with Gasteiger partial charge in [-0.05, 0) is 6.92 Å². The maximum absolute atomic E-state index is 4.13. The molecular formula is C6H6N4. The Morgan fingerprint density at radius 1 is 1.40 bits per heavy atom. The van der Waals surface area contributed by atoms with Crippen molar-refractivity contribution < 1.29 is 0 Å². The second-order valence-electron chi connectivity index (χ2n) is 2.10. The van der Waals surface area contributed by atoms with Gasteiger partial charge in [-0.15, -0.1) is 0 Å². The van der Waals surface area contributed by atoms with Crippen LogP contribution in [0.25, 0.3) is 5.65 Å². The molecule has 0 aromatic carbocycles. The predicted molar refractivity (Wildman–Crippen MR) is 35.5 cm³/mol. The largest absolute Gasteiger partial charge is 0.241 e. The summed E-state index contributed by atoms with van der Waals surface area (Å²) in [6.45, 7) is 1.90. The highest BCUT2D eigenvalue weighted by molar-refractivity contribution is 5.31. The normalized spacial score (nSPS) is 10.5. The molecule has 4 nitrogen and oxygen atoms in total. The molecule has 50 valence electrons. The van der Waals surface area contributed by atoms with Crippen molar-refractivity contribution in [3.05, 3.63) is 24.4 Å². The van der Waals surface area contributed by atoms with Gasteiger partial charge in [0.1, 0.15) is 6.33 Å². The molecule has 0 atom stereocenters. The smallest absolute Gasteiger partial charge is 0.173 e. The van der Waals surface area contributed by atoms with Crippen molar-refractivity contribution in [2.24, 2.45) is 0 Å². The van der Waals surface area contributed by atoms with E-state index < -0.39 is 0 Å². The summed E-state index contributed by atoms with van der Waals surface area (Å²) in [5.41, 5.74) is 1.68. The highest BCUT2D eigenvalue weighted by Crippen LogP contribution is 1.94. The zero-order valence-corrected chi connectivity index (χ0v) is 5.52. The highest BCUT2D eigenvalue weighted by Gasteiger charge is 1.92. The van der Waals surface area contributed by atoms with E-state index in [0.717, 1.165) is 11.3 Å². The van der Waals surface area contributed by atoms with Crippen LogP contribution in [0.15, 0.2) is 18.7 Å². The standard InChI is InChI=1S/C6H6N4/c1-5-2-8-6-3-7-4-10(6)9-5/h2-4H,1H3. The maximum Gasteiger partial charge on any atom is 0.173 e. The van der Waals surface area contributed by atoms with Crippen molar-refractivity contribution in [2.75, 3.05) is 0 Å². The lowest BCUT2D eigenvalue weighted by Crippen LogP contribution is -1.93. The van der Waals surface area contributed by atoms with Gasteiger partial charge in [0.15, 0.2) is 5.65 Å². The molecule has 0 saturated heterocycles. The molecule has 10 heavy (non-hydrogen) atoms. The van der Waals surface area contributed by atoms with Crippen LogP contribution in [-0.2, 0) is 0 Å². The molecule has 0 spiro atoms. The molecule has 0 amide bonds. The third-order valence-corrected chi connectivity index (χ3v) is 1.25. The Balaban J connectivity index is 2.86. The molecule has 0 aliphatic carbocycles. The molecule has 0 aliphatic heterocycles. The summed E-state index contributed by atoms with van der Waals surface area (Å²) in [7, 11) is 0. The van der Waals surface area contributed by atoms with E-state index in [2.05, 4.69) is 15.1 Å². The van der Waals surface area contributed by atoms with Gasteiger partial charge >= 0.3 is 0 Å². The Hall–Kier alpha value is -1.45. The Morgan fingerprint density at radius 3 is 3.20 bits per heavy atom. The van der Waals surface area contributed by atoms with Crippen molar-refractivity contribution in [3.8, 4) is 0 Å². The first-order valence-corrected chi connectivity index (χ1v) is 2.98. The minimum atomic E-state index is 0.783. The number of nitrogens with zero attached hydrogens (tertiary/aromatic N) is 4. The Labute approximate surface area is 57.5 Å². The fraction of sp³-hybridized carbons (Fsp3) is 0.167. The van der Waals surface area contributed by atoms with E-state index in [-0.39, 0.29) is 0 Å². The Morgan fingerprint density at radius 2 is 2.30 bits per heavy atom. The zero-order valence-electron chi connectivity index (χ0n) is 5.52. The van der Waals surface area contributed by atoms with Crippen LogP contribution in [0.3, 0.4) is 0 Å². The van der Waals surface area contributed by atoms with Crippen LogP contribution in [0.4, 0.5) is 0 Å². The van der Waals surface area contributed by atoms with Crippen LogP contribution in [0.5, 0.6) is 0 Å². The van der Waals surface area contributed by atoms with Crippen molar-refractivity contribution >= 4 is 5.65 Å². The molecule has 0 saturated carbocycles. The van der Waals surface area contributed by atoms with Gasteiger partial charge in [-0.1, -0.05) is 0 Å². The number of hydrogen-bond acceptors (Lipinski definition) is 3. The average Bonchev–Trinajstić information content (AvgIpc) is 2.33. The van der Waals surface area contributed by atoms with E-state index in [0.29, 0.717) is 0 Å². The van der Waals surface area contributed by atoms with E-state index in [4.69, 9.17) is 0 Å². The molecule has 2 rings (SSSR count). The SMILES string of the molecule is Cc1cnc2cncn2n1. The number of aryl methyl sites for hydroxylation is 1. The maximum atomic E-state index is 4.13. The van der Waals surface area contributed by atoms with Crippen molar-refractivity contribution in [3.63, 3.8) is 0 Å². The average molecular weight is 134 g/mol. The van der Waals surface area contributed by atoms with E-state index in [1.165, 1.54) is 0 Å². The van der Waals surface area contributed by atoms with Crippen molar-refractivity contribution in [2.45, 2.75) is 6.92 Å². The summed E-state index contributed by atoms with van der Waals surface area (Å²) >= 11 is 0. The van der Waals surface area contributed by atoms with Gasteiger partial charge in [-0.3, -0.25) is 0 Å². The fourth-order valence-corrected chi connectivity index (χ4v) is 0.806. The highest BCUT2D eigenvalue weighted by atomic mass is 15.3. The lowest BCUT2D eigenvalue weighted by molar-refractivity contribution is 0.867. The third kappa shape index (κ3) is 0.655. The van der Waals surface area contributed by atoms with Gasteiger partial charge in [-0.2, -0.15) is 5.10 Å². The quantitative estimate of drug-likeness (QED) is 0.524. The summed E-state index contributed by atoms with van der Waals surface area (Å²) in [4.78, 5) is 7.96. The molecular weight excluding hydrogens is 128 g/mol. The van der Waals surface area contributed by atoms with Gasteiger partial charge in [0, 0.05) is 0 Å². The molecule has 2 aromatic heterocycles. The summed E-state index contributed by atoms with van der Waals surface area (Å²) in [6.07, 6.45) is 5.03. The van der Waals surface area contributed by atoms with E-state index in [1.807, 2.05) is 6.92 Å². The van der Waals surface area contributed by atoms with Gasteiger partial charge in [-0.25, -0.2) is 14.5 Å². The first-order valence-electron chi connectivity index (χ1n) is 2.98. The molecule has 0 aliphatic rings. The summed E-state index contributed by atoms with van der Waals surface area (Å²) in [5.74, 6) is 0. The molecule has 4 heteroatoms. The van der Waals surface area contributed by atoms with Crippen LogP contribution < -0.4 is 0 Å². The number of hydrogen-bond donors (Lipinski definition) is 0. The molecule has 0 radical (unpaired) electrons. The molecule has 0 N–H and O–H groups in total. The van der Waals surface area contributed by atoms with Gasteiger partial charge in [0.25, 0.3) is 0 Å². The summed E-state index contributed by atoms with van der Waals surface area (Å²) in [6, 6.07) is 0. The van der Waals surface area contributed by atoms with Gasteiger partial charge < -0.3 is 0 Å². The third-order valence-electron chi connectivity index (χ3n) is 1.25. The topological polar surface area (TPSA) is 43.1 Å². The Kier molecular flexibility index (Phi) is 0.943. The van der Waals surface area contributed by atoms with E-state index in [1.54, 1.807) is 23.2 Å². The van der Waals surface area contributed by atoms with E-state index in [9.17, 15) is 0 Å². The number of fused-ring (bicyclic) bond motifs is 1. The van der Waals surface area contributed by atoms with Crippen molar-refractivity contribution in [1.82, 2.24) is 19.6 Å². The number of imidazole rings is 1. The first-order chi connectivity index (χ1) is 4.86. The monoisotopic (exact) mass is 134 g/mol. The molecule has 2 heterocycles. The summed E-state index contributed by atoms with van der Waals surface area (Å²) in [5, 5.41) is 4.13. The van der Waals surface area contributed by atoms with Crippen LogP contribution in [0.2, 0.25) is 0 Å². The lowest BCUT2D eigenvalue weighted by Gasteiger charge is -1.90. The molecule has 0 bridgehead atoms. The lowest BCUT2D eigenvalue weighted by atomic mass is 10.5. The minimum Gasteiger partial charge on any atom is -0.241 e. The molecule has 2 aromatic rings. The van der Waals surface area contributed by atoms with Crippen LogP contribution in [-0.4, -0.2) is 19.6 Å². The molecule has 0 fully saturated rings. The number of aromatic nitrogens is 4. The van der Waals surface area contributed by atoms with Crippen LogP contribution in [0.1, 0.15) is 5.69 Å². The second-order valence-corrected chi connectivity index (χ2v) is 2.10. The van der Waals surface area contributed by atoms with Gasteiger partial charge in [0.2, 0.25) is 0 Å². The van der Waals surface area contributed by atoms with Crippen LogP contribution >= 0.6 is 0 Å². The first kappa shape index (κ1) is 5.34. The minimum absolute atomic E-state index is 0.783. The predicted octanol–water partition coefficient (Wildman–Crippen LogP) is 0.433. The number of rotatable bonds is 0. The molecule has 0 unspecified atom stereocenters. The van der Waals surface area contributed by atoms with E-state index >= 15 is 0 Å². The Bertz CT molecular complexity index is 351.